The number of nitrogens with zero attached hydrogens (tertiary/aromatic N) is 4. The van der Waals surface area contributed by atoms with Crippen molar-refractivity contribution in [1.29, 1.82) is 0 Å². The summed E-state index contributed by atoms with van der Waals surface area (Å²) in [6, 6.07) is 4.62. The summed E-state index contributed by atoms with van der Waals surface area (Å²) in [6.07, 6.45) is 0. The van der Waals surface area contributed by atoms with E-state index in [2.05, 4.69) is 15.5 Å². The van der Waals surface area contributed by atoms with Crippen LogP contribution in [0, 0.1) is 12.7 Å². The Morgan fingerprint density at radius 3 is 3.00 bits per heavy atom. The maximum atomic E-state index is 13.8. The van der Waals surface area contributed by atoms with Gasteiger partial charge in [-0.1, -0.05) is 23.9 Å². The van der Waals surface area contributed by atoms with Crippen LogP contribution in [0.4, 0.5) is 4.39 Å². The number of carboxylic acid groups (broad SMARTS) is 1. The quantitative estimate of drug-likeness (QED) is 0.841. The van der Waals surface area contributed by atoms with Crippen LogP contribution in [0.25, 0.3) is 5.69 Å². The molecule has 1 aromatic carbocycles. The minimum atomic E-state index is -0.986. The number of thioether (sulfide) groups is 1. The molecule has 2 aromatic rings. The Morgan fingerprint density at radius 2 is 2.33 bits per heavy atom. The summed E-state index contributed by atoms with van der Waals surface area (Å²) in [4.78, 5) is 10.5. The second-order valence-corrected chi connectivity index (χ2v) is 4.40. The van der Waals surface area contributed by atoms with E-state index in [0.717, 1.165) is 11.8 Å². The second kappa shape index (κ2) is 5.13. The van der Waals surface area contributed by atoms with Crippen molar-refractivity contribution in [3.8, 4) is 5.69 Å². The number of aliphatic carboxylic acids is 1. The number of aromatic nitrogens is 4. The summed E-state index contributed by atoms with van der Waals surface area (Å²) in [5, 5.41) is 19.7. The Bertz CT molecular complexity index is 567. The van der Waals surface area contributed by atoms with Crippen molar-refractivity contribution in [1.82, 2.24) is 20.2 Å². The second-order valence-electron chi connectivity index (χ2n) is 3.46. The number of para-hydroxylation sites is 1. The number of tetrazole rings is 1. The lowest BCUT2D eigenvalue weighted by molar-refractivity contribution is -0.133. The molecule has 2 rings (SSSR count). The van der Waals surface area contributed by atoms with Gasteiger partial charge in [0, 0.05) is 0 Å². The molecule has 0 fully saturated rings. The monoisotopic (exact) mass is 268 g/mol. The van der Waals surface area contributed by atoms with E-state index >= 15 is 0 Å². The predicted octanol–water partition coefficient (Wildman–Crippen LogP) is 1.29. The van der Waals surface area contributed by atoms with E-state index in [9.17, 15) is 9.18 Å². The first kappa shape index (κ1) is 12.5. The van der Waals surface area contributed by atoms with Crippen LogP contribution in [0.2, 0.25) is 0 Å². The molecule has 0 aliphatic heterocycles. The molecule has 0 aliphatic rings. The molecule has 1 N–H and O–H groups in total. The SMILES string of the molecule is Cc1cccc(F)c1-n1nnnc1SCC(=O)O. The molecule has 0 radical (unpaired) electrons. The van der Waals surface area contributed by atoms with Crippen LogP contribution in [0.15, 0.2) is 23.4 Å². The molecule has 0 saturated carbocycles. The summed E-state index contributed by atoms with van der Waals surface area (Å²) in [5.41, 5.74) is 0.898. The maximum Gasteiger partial charge on any atom is 0.313 e. The third kappa shape index (κ3) is 2.48. The fourth-order valence-electron chi connectivity index (χ4n) is 1.43. The van der Waals surface area contributed by atoms with Gasteiger partial charge in [0.2, 0.25) is 5.16 Å². The molecule has 1 heterocycles. The van der Waals surface area contributed by atoms with Gasteiger partial charge < -0.3 is 5.11 Å². The molecule has 0 aliphatic carbocycles. The zero-order valence-corrected chi connectivity index (χ0v) is 10.2. The van der Waals surface area contributed by atoms with Gasteiger partial charge in [0.15, 0.2) is 0 Å². The van der Waals surface area contributed by atoms with E-state index in [0.29, 0.717) is 5.56 Å². The average molecular weight is 268 g/mol. The van der Waals surface area contributed by atoms with Gasteiger partial charge in [-0.15, -0.1) is 5.10 Å². The van der Waals surface area contributed by atoms with Gasteiger partial charge in [-0.2, -0.15) is 4.68 Å². The van der Waals surface area contributed by atoms with Crippen LogP contribution >= 0.6 is 11.8 Å². The summed E-state index contributed by atoms with van der Waals surface area (Å²) in [5.74, 6) is -1.63. The van der Waals surface area contributed by atoms with Crippen molar-refractivity contribution in [3.63, 3.8) is 0 Å². The van der Waals surface area contributed by atoms with Crippen LogP contribution < -0.4 is 0 Å². The Hall–Kier alpha value is -1.96. The van der Waals surface area contributed by atoms with Crippen molar-refractivity contribution >= 4 is 17.7 Å². The number of benzene rings is 1. The number of rotatable bonds is 4. The highest BCUT2D eigenvalue weighted by atomic mass is 32.2. The lowest BCUT2D eigenvalue weighted by atomic mass is 10.2. The molecule has 0 amide bonds. The fourth-order valence-corrected chi connectivity index (χ4v) is 2.02. The summed E-state index contributed by atoms with van der Waals surface area (Å²) in [6.45, 7) is 1.73. The van der Waals surface area contributed by atoms with Gasteiger partial charge in [0.1, 0.15) is 11.5 Å². The van der Waals surface area contributed by atoms with E-state index in [-0.39, 0.29) is 16.6 Å². The van der Waals surface area contributed by atoms with Crippen molar-refractivity contribution < 1.29 is 14.3 Å². The number of halogens is 1. The van der Waals surface area contributed by atoms with Gasteiger partial charge in [-0.25, -0.2) is 4.39 Å². The first-order valence-electron chi connectivity index (χ1n) is 4.98. The smallest absolute Gasteiger partial charge is 0.313 e. The zero-order valence-electron chi connectivity index (χ0n) is 9.37. The third-order valence-electron chi connectivity index (χ3n) is 2.17. The van der Waals surface area contributed by atoms with Crippen LogP contribution in [0.5, 0.6) is 0 Å². The number of carbonyl (C=O) groups is 1. The lowest BCUT2D eigenvalue weighted by Crippen LogP contribution is -2.06. The van der Waals surface area contributed by atoms with Crippen LogP contribution in [0.1, 0.15) is 5.56 Å². The number of hydrogen-bond donors (Lipinski definition) is 1. The van der Waals surface area contributed by atoms with E-state index in [1.54, 1.807) is 19.1 Å². The molecule has 0 bridgehead atoms. The maximum absolute atomic E-state index is 13.8. The highest BCUT2D eigenvalue weighted by Crippen LogP contribution is 2.22. The van der Waals surface area contributed by atoms with Gasteiger partial charge in [-0.3, -0.25) is 4.79 Å². The zero-order chi connectivity index (χ0) is 13.1. The molecule has 0 atom stereocenters. The summed E-state index contributed by atoms with van der Waals surface area (Å²) < 4.78 is 15.0. The Morgan fingerprint density at radius 1 is 1.56 bits per heavy atom. The standard InChI is InChI=1S/C10H9FN4O2S/c1-6-3-2-4-7(11)9(6)15-10(12-13-14-15)18-5-8(16)17/h2-4H,5H2,1H3,(H,16,17). The van der Waals surface area contributed by atoms with Gasteiger partial charge in [-0.05, 0) is 29.0 Å². The van der Waals surface area contributed by atoms with Crippen molar-refractivity contribution in [2.24, 2.45) is 0 Å². The van der Waals surface area contributed by atoms with Gasteiger partial charge in [0.25, 0.3) is 0 Å². The minimum absolute atomic E-state index is 0.187. The molecule has 0 unspecified atom stereocenters. The van der Waals surface area contributed by atoms with Crippen molar-refractivity contribution in [3.05, 3.63) is 29.6 Å². The van der Waals surface area contributed by atoms with E-state index in [4.69, 9.17) is 5.11 Å². The average Bonchev–Trinajstić information content (AvgIpc) is 2.74. The molecule has 18 heavy (non-hydrogen) atoms. The first-order valence-corrected chi connectivity index (χ1v) is 5.96. The predicted molar refractivity (Wildman–Crippen MR) is 62.2 cm³/mol. The van der Waals surface area contributed by atoms with E-state index < -0.39 is 11.8 Å². The lowest BCUT2D eigenvalue weighted by Gasteiger charge is -2.07. The highest BCUT2D eigenvalue weighted by Gasteiger charge is 2.15. The topological polar surface area (TPSA) is 80.9 Å². The minimum Gasteiger partial charge on any atom is -0.481 e. The molecule has 0 spiro atoms. The van der Waals surface area contributed by atoms with Crippen LogP contribution in [-0.4, -0.2) is 37.0 Å². The molecule has 1 aromatic heterocycles. The van der Waals surface area contributed by atoms with Crippen molar-refractivity contribution in [2.45, 2.75) is 12.1 Å². The summed E-state index contributed by atoms with van der Waals surface area (Å²) in [7, 11) is 0. The van der Waals surface area contributed by atoms with Gasteiger partial charge >= 0.3 is 5.97 Å². The van der Waals surface area contributed by atoms with E-state index in [1.165, 1.54) is 10.7 Å². The molecular formula is C10H9FN4O2S. The molecular weight excluding hydrogens is 259 g/mol. The molecule has 6 nitrogen and oxygen atoms in total. The van der Waals surface area contributed by atoms with Crippen LogP contribution in [0.3, 0.4) is 0 Å². The van der Waals surface area contributed by atoms with E-state index in [1.807, 2.05) is 0 Å². The fraction of sp³-hybridized carbons (Fsp3) is 0.200. The highest BCUT2D eigenvalue weighted by molar-refractivity contribution is 7.99. The Labute approximate surface area is 106 Å². The summed E-state index contributed by atoms with van der Waals surface area (Å²) >= 11 is 0.935. The number of carboxylic acids is 1. The number of aryl methyl sites for hydroxylation is 1. The number of hydrogen-bond acceptors (Lipinski definition) is 5. The third-order valence-corrected chi connectivity index (χ3v) is 3.07. The largest absolute Gasteiger partial charge is 0.481 e. The van der Waals surface area contributed by atoms with Crippen LogP contribution in [-0.2, 0) is 4.79 Å². The van der Waals surface area contributed by atoms with Crippen molar-refractivity contribution in [2.75, 3.05) is 5.75 Å². The normalized spacial score (nSPS) is 10.6. The molecule has 8 heteroatoms. The first-order chi connectivity index (χ1) is 8.59. The molecule has 94 valence electrons. The Balaban J connectivity index is 2.39. The Kier molecular flexibility index (Phi) is 3.56. The molecule has 0 saturated heterocycles. The van der Waals surface area contributed by atoms with Gasteiger partial charge in [0.05, 0.1) is 5.75 Å².